The normalized spacial score (nSPS) is 26.0. The van der Waals surface area contributed by atoms with Crippen molar-refractivity contribution >= 4 is 44.6 Å². The molecule has 7 rings (SSSR count). The van der Waals surface area contributed by atoms with Crippen LogP contribution in [0.2, 0.25) is 0 Å². The van der Waals surface area contributed by atoms with E-state index in [9.17, 15) is 27.6 Å². The van der Waals surface area contributed by atoms with Gasteiger partial charge in [0.25, 0.3) is 5.91 Å². The van der Waals surface area contributed by atoms with Gasteiger partial charge in [0, 0.05) is 35.8 Å². The van der Waals surface area contributed by atoms with E-state index in [0.717, 1.165) is 59.8 Å². The molecule has 3 aromatic rings. The predicted octanol–water partition coefficient (Wildman–Crippen LogP) is 5.10. The molecule has 3 fully saturated rings. The number of hydrogen-bond donors (Lipinski definition) is 3. The van der Waals surface area contributed by atoms with E-state index in [1.807, 2.05) is 49.4 Å². The van der Waals surface area contributed by atoms with Crippen LogP contribution in [-0.4, -0.2) is 77.5 Å². The lowest BCUT2D eigenvalue weighted by molar-refractivity contribution is -0.142. The Kier molecular flexibility index (Phi) is 11.3. The lowest BCUT2D eigenvalue weighted by atomic mass is 10.0. The van der Waals surface area contributed by atoms with Crippen LogP contribution in [0.5, 0.6) is 5.75 Å². The number of amides is 4. The number of fused-ring (bicyclic) bond motifs is 3. The van der Waals surface area contributed by atoms with Crippen molar-refractivity contribution in [1.82, 2.24) is 25.2 Å². The minimum Gasteiger partial charge on any atom is -0.488 e. The second kappa shape index (κ2) is 16.1. The predicted molar refractivity (Wildman–Crippen MR) is 209 cm³/mol. The highest BCUT2D eigenvalue weighted by Crippen LogP contribution is 2.45. The summed E-state index contributed by atoms with van der Waals surface area (Å²) in [6, 6.07) is 16.0. The fourth-order valence-electron chi connectivity index (χ4n) is 7.93. The minimum absolute atomic E-state index is 0.0553. The summed E-state index contributed by atoms with van der Waals surface area (Å²) in [6.07, 6.45) is 8.69. The van der Waals surface area contributed by atoms with Gasteiger partial charge >= 0.3 is 0 Å². The molecular weight excluding hydrogens is 719 g/mol. The van der Waals surface area contributed by atoms with E-state index in [1.54, 1.807) is 0 Å². The number of aromatic nitrogens is 1. The van der Waals surface area contributed by atoms with Gasteiger partial charge in [0.15, 0.2) is 0 Å². The van der Waals surface area contributed by atoms with Crippen LogP contribution in [0, 0.1) is 5.92 Å². The van der Waals surface area contributed by atoms with Crippen molar-refractivity contribution in [3.63, 3.8) is 0 Å². The molecule has 55 heavy (non-hydrogen) atoms. The fourth-order valence-corrected chi connectivity index (χ4v) is 9.29. The molecular formula is C42H51N5O7S. The highest BCUT2D eigenvalue weighted by atomic mass is 32.2. The van der Waals surface area contributed by atoms with E-state index < -0.39 is 62.6 Å². The summed E-state index contributed by atoms with van der Waals surface area (Å²) >= 11 is 0. The maximum Gasteiger partial charge on any atom is 0.259 e. The maximum atomic E-state index is 14.5. The van der Waals surface area contributed by atoms with Crippen molar-refractivity contribution in [2.24, 2.45) is 5.92 Å². The molecule has 2 unspecified atom stereocenters. The van der Waals surface area contributed by atoms with Crippen LogP contribution in [-0.2, 0) is 35.6 Å². The summed E-state index contributed by atoms with van der Waals surface area (Å²) in [5, 5.41) is 6.05. The molecule has 1 saturated heterocycles. The number of unbranched alkanes of at least 4 members (excludes halogenated alkanes) is 1. The van der Waals surface area contributed by atoms with Gasteiger partial charge in [-0.15, -0.1) is 6.58 Å². The summed E-state index contributed by atoms with van der Waals surface area (Å²) in [6.45, 7) is 5.88. The first-order valence-electron chi connectivity index (χ1n) is 19.8. The third-order valence-corrected chi connectivity index (χ3v) is 13.2. The number of aryl methyl sites for hydroxylation is 1. The molecule has 2 aliphatic heterocycles. The third kappa shape index (κ3) is 8.56. The largest absolute Gasteiger partial charge is 0.488 e. The quantitative estimate of drug-likeness (QED) is 0.240. The van der Waals surface area contributed by atoms with E-state index >= 15 is 0 Å². The average Bonchev–Trinajstić information content (AvgIpc) is 4.11. The van der Waals surface area contributed by atoms with Crippen molar-refractivity contribution in [2.75, 3.05) is 6.54 Å². The van der Waals surface area contributed by atoms with Crippen LogP contribution >= 0.6 is 0 Å². The van der Waals surface area contributed by atoms with Crippen LogP contribution in [0.1, 0.15) is 89.5 Å². The molecule has 292 valence electrons. The summed E-state index contributed by atoms with van der Waals surface area (Å²) in [5.41, 5.74) is 2.02. The van der Waals surface area contributed by atoms with E-state index in [4.69, 9.17) is 9.72 Å². The lowest BCUT2D eigenvalue weighted by Crippen LogP contribution is -2.58. The summed E-state index contributed by atoms with van der Waals surface area (Å²) in [7, 11) is -3.88. The molecule has 2 aliphatic carbocycles. The Morgan fingerprint density at radius 2 is 1.82 bits per heavy atom. The van der Waals surface area contributed by atoms with Crippen molar-refractivity contribution in [1.29, 1.82) is 0 Å². The van der Waals surface area contributed by atoms with Gasteiger partial charge in [0.2, 0.25) is 27.7 Å². The zero-order valence-electron chi connectivity index (χ0n) is 31.4. The number of carbonyl (C=O) groups is 4. The minimum atomic E-state index is -3.88. The number of rotatable bonds is 10. The van der Waals surface area contributed by atoms with Gasteiger partial charge in [-0.25, -0.2) is 13.4 Å². The Balaban J connectivity index is 1.24. The monoisotopic (exact) mass is 769 g/mol. The molecule has 13 heteroatoms. The zero-order valence-corrected chi connectivity index (χ0v) is 32.2. The molecule has 2 saturated carbocycles. The molecule has 4 aliphatic rings. The number of hydrogen-bond acceptors (Lipinski definition) is 8. The highest BCUT2D eigenvalue weighted by Gasteiger charge is 2.62. The summed E-state index contributed by atoms with van der Waals surface area (Å²) < 4.78 is 34.5. The summed E-state index contributed by atoms with van der Waals surface area (Å²) in [4.78, 5) is 62.2. The second-order valence-electron chi connectivity index (χ2n) is 15.6. The first-order valence-corrected chi connectivity index (χ1v) is 21.3. The Bertz CT molecular complexity index is 2070. The summed E-state index contributed by atoms with van der Waals surface area (Å²) in [5.74, 6) is -1.91. The van der Waals surface area contributed by atoms with E-state index in [1.165, 1.54) is 11.0 Å². The van der Waals surface area contributed by atoms with Crippen molar-refractivity contribution in [3.8, 4) is 17.0 Å². The Hall–Kier alpha value is -4.78. The number of ether oxygens (including phenoxy) is 1. The molecule has 3 heterocycles. The van der Waals surface area contributed by atoms with Crippen molar-refractivity contribution in [3.05, 3.63) is 72.8 Å². The number of carbonyl (C=O) groups excluding carboxylic acids is 4. The van der Waals surface area contributed by atoms with E-state index in [2.05, 4.69) is 34.1 Å². The second-order valence-corrected chi connectivity index (χ2v) is 17.5. The standard InChI is InChI=1S/C42H51N5O7S/c1-3-5-16-34-40(50)47-26-30(23-36(47)39(49)45-42(25-29(42)4-2)41(51)46-55(52,53)31-19-20-31)54-37-24-35(28-14-10-8-11-15-28)43-33-21-18-27(22-32(33)37)13-9-6-7-12-17-38(48)44-34/h4,8,10-11,14-15,18,21-22,24,29-31,34,36H,2-3,5-7,9,12-13,16-17,19-20,23,25-26H2,1H3,(H,44,48)(H,45,49)(H,46,51)/t29?,30-,34+,36+,42?/m1/s1. The van der Waals surface area contributed by atoms with Crippen LogP contribution in [0.25, 0.3) is 22.2 Å². The van der Waals surface area contributed by atoms with Crippen LogP contribution in [0.3, 0.4) is 0 Å². The fraction of sp³-hybridized carbons (Fsp3) is 0.500. The van der Waals surface area contributed by atoms with E-state index in [0.29, 0.717) is 44.3 Å². The molecule has 3 N–H and O–H groups in total. The smallest absolute Gasteiger partial charge is 0.259 e. The molecule has 4 amide bonds. The lowest BCUT2D eigenvalue weighted by Gasteiger charge is -2.30. The van der Waals surface area contributed by atoms with Gasteiger partial charge in [0.05, 0.1) is 23.0 Å². The highest BCUT2D eigenvalue weighted by molar-refractivity contribution is 7.91. The van der Waals surface area contributed by atoms with Crippen LogP contribution in [0.4, 0.5) is 0 Å². The van der Waals surface area contributed by atoms with Crippen molar-refractivity contribution in [2.45, 2.75) is 119 Å². The zero-order chi connectivity index (χ0) is 38.7. The number of sulfonamides is 1. The number of benzene rings is 2. The molecule has 5 atom stereocenters. The SMILES string of the molecule is C=CC1CC1(NC(=O)[C@@H]1C[C@@H]2CN1C(=O)[C@H](CCCC)NC(=O)CCCCCCc1ccc3nc(-c4ccccc4)cc(c3c1)O2)C(=O)NS(=O)(=O)C1CC1. The van der Waals surface area contributed by atoms with Crippen LogP contribution in [0.15, 0.2) is 67.3 Å². The molecule has 4 bridgehead atoms. The maximum absolute atomic E-state index is 14.5. The molecule has 0 radical (unpaired) electrons. The average molecular weight is 770 g/mol. The topological polar surface area (TPSA) is 164 Å². The van der Waals surface area contributed by atoms with Crippen LogP contribution < -0.4 is 20.1 Å². The Morgan fingerprint density at radius 1 is 1.05 bits per heavy atom. The van der Waals surface area contributed by atoms with Gasteiger partial charge in [-0.3, -0.25) is 23.9 Å². The molecule has 2 aromatic carbocycles. The first kappa shape index (κ1) is 38.5. The third-order valence-electron chi connectivity index (χ3n) is 11.4. The van der Waals surface area contributed by atoms with Gasteiger partial charge < -0.3 is 20.3 Å². The number of nitrogens with zero attached hydrogens (tertiary/aromatic N) is 2. The number of pyridine rings is 1. The number of nitrogens with one attached hydrogen (secondary N) is 3. The Morgan fingerprint density at radius 3 is 2.53 bits per heavy atom. The van der Waals surface area contributed by atoms with Gasteiger partial charge in [-0.05, 0) is 62.6 Å². The molecule has 0 spiro atoms. The molecule has 12 nitrogen and oxygen atoms in total. The van der Waals surface area contributed by atoms with Gasteiger partial charge in [0.1, 0.15) is 29.5 Å². The van der Waals surface area contributed by atoms with Crippen molar-refractivity contribution < 1.29 is 32.3 Å². The molecule has 1 aromatic heterocycles. The van der Waals surface area contributed by atoms with Gasteiger partial charge in [-0.1, -0.05) is 75.1 Å². The first-order chi connectivity index (χ1) is 26.5. The Labute approximate surface area is 322 Å². The van der Waals surface area contributed by atoms with E-state index in [-0.39, 0.29) is 25.3 Å². The van der Waals surface area contributed by atoms with Gasteiger partial charge in [-0.2, -0.15) is 0 Å².